The summed E-state index contributed by atoms with van der Waals surface area (Å²) in [5.74, 6) is 1.38. The van der Waals surface area contributed by atoms with Crippen LogP contribution in [0.15, 0.2) is 24.3 Å². The molecule has 0 radical (unpaired) electrons. The van der Waals surface area contributed by atoms with Gasteiger partial charge in [0.15, 0.2) is 0 Å². The molecule has 2 unspecified atom stereocenters. The highest BCUT2D eigenvalue weighted by atomic mass is 35.5. The molecule has 0 aliphatic heterocycles. The molecule has 1 amide bonds. The predicted molar refractivity (Wildman–Crippen MR) is 94.1 cm³/mol. The minimum Gasteiger partial charge on any atom is -0.399 e. The average molecular weight is 329 g/mol. The number of likely N-dealkylation sites (N-methyl/N-ethyl adjacent to an activating group) is 1. The number of halogens is 1. The summed E-state index contributed by atoms with van der Waals surface area (Å²) in [6.45, 7) is 2.20. The van der Waals surface area contributed by atoms with Crippen LogP contribution >= 0.6 is 24.2 Å². The zero-order valence-corrected chi connectivity index (χ0v) is 14.4. The Hall–Kier alpha value is -0.870. The molecular formula is C16H25ClN2OS. The van der Waals surface area contributed by atoms with Crippen molar-refractivity contribution < 1.29 is 4.79 Å². The molecule has 21 heavy (non-hydrogen) atoms. The molecule has 0 spiro atoms. The van der Waals surface area contributed by atoms with Gasteiger partial charge in [0.25, 0.3) is 0 Å². The van der Waals surface area contributed by atoms with Gasteiger partial charge >= 0.3 is 0 Å². The van der Waals surface area contributed by atoms with E-state index in [1.165, 1.54) is 12.2 Å². The normalized spacial score (nSPS) is 20.9. The maximum atomic E-state index is 12.3. The van der Waals surface area contributed by atoms with Crippen molar-refractivity contribution >= 4 is 35.8 Å². The van der Waals surface area contributed by atoms with E-state index in [4.69, 9.17) is 5.73 Å². The topological polar surface area (TPSA) is 46.3 Å². The smallest absolute Gasteiger partial charge is 0.226 e. The Kier molecular flexibility index (Phi) is 7.40. The first-order valence-electron chi connectivity index (χ1n) is 7.31. The first-order chi connectivity index (χ1) is 9.60. The van der Waals surface area contributed by atoms with Gasteiger partial charge in [0, 0.05) is 24.0 Å². The molecule has 1 aliphatic carbocycles. The lowest BCUT2D eigenvalue weighted by atomic mass is 10.1. The van der Waals surface area contributed by atoms with Crippen molar-refractivity contribution in [3.63, 3.8) is 0 Å². The van der Waals surface area contributed by atoms with Crippen LogP contribution in [-0.4, -0.2) is 34.9 Å². The van der Waals surface area contributed by atoms with Crippen LogP contribution in [0, 0.1) is 0 Å². The molecule has 1 saturated carbocycles. The largest absolute Gasteiger partial charge is 0.399 e. The number of benzene rings is 1. The van der Waals surface area contributed by atoms with Gasteiger partial charge in [0.05, 0.1) is 6.42 Å². The monoisotopic (exact) mass is 328 g/mol. The van der Waals surface area contributed by atoms with Crippen LogP contribution in [-0.2, 0) is 11.2 Å². The average Bonchev–Trinajstić information content (AvgIpc) is 2.89. The van der Waals surface area contributed by atoms with Crippen molar-refractivity contribution in [2.45, 2.75) is 43.9 Å². The van der Waals surface area contributed by atoms with Gasteiger partial charge in [-0.15, -0.1) is 12.4 Å². The van der Waals surface area contributed by atoms with E-state index in [0.717, 1.165) is 29.3 Å². The van der Waals surface area contributed by atoms with E-state index in [9.17, 15) is 4.79 Å². The number of carbonyl (C=O) groups is 1. The Labute approximate surface area is 138 Å². The highest BCUT2D eigenvalue weighted by molar-refractivity contribution is 7.99. The molecule has 3 nitrogen and oxygen atoms in total. The second kappa shape index (κ2) is 8.54. The number of nitrogen functional groups attached to an aromatic ring is 1. The molecule has 5 heteroatoms. The van der Waals surface area contributed by atoms with Gasteiger partial charge in [0.2, 0.25) is 5.91 Å². The van der Waals surface area contributed by atoms with Crippen LogP contribution < -0.4 is 5.73 Å². The highest BCUT2D eigenvalue weighted by Gasteiger charge is 2.29. The number of anilines is 1. The van der Waals surface area contributed by atoms with Crippen LogP contribution in [0.25, 0.3) is 0 Å². The maximum absolute atomic E-state index is 12.3. The summed E-state index contributed by atoms with van der Waals surface area (Å²) < 4.78 is 0. The highest BCUT2D eigenvalue weighted by Crippen LogP contribution is 2.32. The molecule has 0 heterocycles. The van der Waals surface area contributed by atoms with Crippen molar-refractivity contribution in [3.8, 4) is 0 Å². The van der Waals surface area contributed by atoms with E-state index in [1.807, 2.05) is 48.0 Å². The van der Waals surface area contributed by atoms with Crippen LogP contribution in [0.5, 0.6) is 0 Å². The van der Waals surface area contributed by atoms with Gasteiger partial charge in [-0.3, -0.25) is 4.79 Å². The summed E-state index contributed by atoms with van der Waals surface area (Å²) >= 11 is 2.03. The number of hydrogen-bond donors (Lipinski definition) is 1. The predicted octanol–water partition coefficient (Wildman–Crippen LogP) is 3.37. The molecule has 0 aromatic heterocycles. The lowest BCUT2D eigenvalue weighted by Gasteiger charge is -2.25. The van der Waals surface area contributed by atoms with Crippen molar-refractivity contribution in [1.82, 2.24) is 4.90 Å². The van der Waals surface area contributed by atoms with Crippen LogP contribution in [0.4, 0.5) is 5.69 Å². The molecule has 1 aromatic rings. The number of thioether (sulfide) groups is 1. The fourth-order valence-electron chi connectivity index (χ4n) is 2.79. The van der Waals surface area contributed by atoms with E-state index in [0.29, 0.717) is 12.5 Å². The van der Waals surface area contributed by atoms with Gasteiger partial charge in [-0.05, 0) is 42.7 Å². The van der Waals surface area contributed by atoms with Gasteiger partial charge in [-0.25, -0.2) is 0 Å². The van der Waals surface area contributed by atoms with Crippen LogP contribution in [0.2, 0.25) is 0 Å². The van der Waals surface area contributed by atoms with Crippen LogP contribution in [0.3, 0.4) is 0 Å². The molecular weight excluding hydrogens is 304 g/mol. The van der Waals surface area contributed by atoms with E-state index >= 15 is 0 Å². The fraction of sp³-hybridized carbons (Fsp3) is 0.562. The SMILES string of the molecule is CCSC1CCC(N(C)C(=O)Cc2ccc(N)cc2)C1.Cl. The van der Waals surface area contributed by atoms with Gasteiger partial charge in [-0.1, -0.05) is 19.1 Å². The van der Waals surface area contributed by atoms with Gasteiger partial charge in [0.1, 0.15) is 0 Å². The molecule has 0 bridgehead atoms. The molecule has 118 valence electrons. The Morgan fingerprint density at radius 3 is 2.62 bits per heavy atom. The molecule has 2 rings (SSSR count). The van der Waals surface area contributed by atoms with E-state index in [1.54, 1.807) is 0 Å². The van der Waals surface area contributed by atoms with Crippen molar-refractivity contribution in [2.24, 2.45) is 0 Å². The third kappa shape index (κ3) is 5.11. The number of rotatable bonds is 5. The quantitative estimate of drug-likeness (QED) is 0.843. The van der Waals surface area contributed by atoms with Crippen molar-refractivity contribution in [3.05, 3.63) is 29.8 Å². The molecule has 1 fully saturated rings. The third-order valence-electron chi connectivity index (χ3n) is 4.04. The lowest BCUT2D eigenvalue weighted by molar-refractivity contribution is -0.131. The summed E-state index contributed by atoms with van der Waals surface area (Å²) in [4.78, 5) is 14.3. The number of nitrogens with two attached hydrogens (primary N) is 1. The van der Waals surface area contributed by atoms with Gasteiger partial charge < -0.3 is 10.6 Å². The number of carbonyl (C=O) groups excluding carboxylic acids is 1. The van der Waals surface area contributed by atoms with Crippen molar-refractivity contribution in [2.75, 3.05) is 18.5 Å². The summed E-state index contributed by atoms with van der Waals surface area (Å²) in [6, 6.07) is 8.00. The molecule has 2 atom stereocenters. The summed E-state index contributed by atoms with van der Waals surface area (Å²) in [5.41, 5.74) is 7.44. The Morgan fingerprint density at radius 2 is 2.00 bits per heavy atom. The van der Waals surface area contributed by atoms with Crippen LogP contribution in [0.1, 0.15) is 31.7 Å². The Morgan fingerprint density at radius 1 is 1.33 bits per heavy atom. The first kappa shape index (κ1) is 18.2. The van der Waals surface area contributed by atoms with E-state index < -0.39 is 0 Å². The third-order valence-corrected chi connectivity index (χ3v) is 5.27. The summed E-state index contributed by atoms with van der Waals surface area (Å²) in [5, 5.41) is 0.733. The minimum absolute atomic E-state index is 0. The number of nitrogens with zero attached hydrogens (tertiary/aromatic N) is 1. The second-order valence-electron chi connectivity index (χ2n) is 5.47. The number of hydrogen-bond acceptors (Lipinski definition) is 3. The maximum Gasteiger partial charge on any atom is 0.226 e. The van der Waals surface area contributed by atoms with Gasteiger partial charge in [-0.2, -0.15) is 11.8 Å². The van der Waals surface area contributed by atoms with E-state index in [-0.39, 0.29) is 18.3 Å². The number of amides is 1. The molecule has 1 aliphatic rings. The van der Waals surface area contributed by atoms with Crippen molar-refractivity contribution in [1.29, 1.82) is 0 Å². The fourth-order valence-corrected chi connectivity index (χ4v) is 3.93. The zero-order chi connectivity index (χ0) is 14.5. The first-order valence-corrected chi connectivity index (χ1v) is 8.36. The molecule has 2 N–H and O–H groups in total. The van der Waals surface area contributed by atoms with E-state index in [2.05, 4.69) is 6.92 Å². The lowest BCUT2D eigenvalue weighted by Crippen LogP contribution is -2.36. The molecule has 0 saturated heterocycles. The minimum atomic E-state index is 0. The summed E-state index contributed by atoms with van der Waals surface area (Å²) in [7, 11) is 1.95. The Balaban J connectivity index is 0.00000220. The zero-order valence-electron chi connectivity index (χ0n) is 12.7. The summed E-state index contributed by atoms with van der Waals surface area (Å²) in [6.07, 6.45) is 3.99. The molecule has 1 aromatic carbocycles. The second-order valence-corrected chi connectivity index (χ2v) is 7.04. The standard InChI is InChI=1S/C16H24N2OS.ClH/c1-3-20-15-9-8-14(11-15)18(2)16(19)10-12-4-6-13(17)7-5-12;/h4-7,14-15H,3,8-11,17H2,1-2H3;1H. The Bertz CT molecular complexity index is 452.